The van der Waals surface area contributed by atoms with Crippen molar-refractivity contribution < 1.29 is 20.1 Å². The van der Waals surface area contributed by atoms with Gasteiger partial charge < -0.3 is 20.6 Å². The summed E-state index contributed by atoms with van der Waals surface area (Å²) < 4.78 is 0. The van der Waals surface area contributed by atoms with Crippen molar-refractivity contribution in [1.29, 1.82) is 0 Å². The minimum Gasteiger partial charge on any atom is -0.508 e. The predicted molar refractivity (Wildman–Crippen MR) is 67.1 cm³/mol. The normalized spacial score (nSPS) is 11.3. The highest BCUT2D eigenvalue weighted by molar-refractivity contribution is 5.73. The number of phenolic OH excluding ortho intramolecular Hbond substituents is 1. The number of phenols is 1. The van der Waals surface area contributed by atoms with E-state index in [-0.39, 0.29) is 24.9 Å². The van der Waals surface area contributed by atoms with Crippen molar-refractivity contribution in [2.75, 3.05) is 13.2 Å². The van der Waals surface area contributed by atoms with E-state index in [2.05, 4.69) is 5.32 Å². The number of nitrogens with one attached hydrogen (secondary N) is 1. The van der Waals surface area contributed by atoms with E-state index in [1.807, 2.05) is 0 Å². The summed E-state index contributed by atoms with van der Waals surface area (Å²) in [5.41, 5.74) is -0.0339. The first-order chi connectivity index (χ1) is 8.51. The molecule has 1 aromatic rings. The van der Waals surface area contributed by atoms with Crippen LogP contribution in [-0.4, -0.2) is 40.0 Å². The van der Waals surface area contributed by atoms with Crippen LogP contribution in [0.4, 0.5) is 0 Å². The summed E-state index contributed by atoms with van der Waals surface area (Å²) in [5, 5.41) is 30.4. The smallest absolute Gasteiger partial charge is 0.217 e. The fraction of sp³-hybridized carbons (Fsp3) is 0.462. The quantitative estimate of drug-likeness (QED) is 0.582. The minimum atomic E-state index is -0.996. The second-order valence-electron chi connectivity index (χ2n) is 4.44. The van der Waals surface area contributed by atoms with Crippen LogP contribution in [0.1, 0.15) is 18.9 Å². The van der Waals surface area contributed by atoms with E-state index < -0.39 is 5.54 Å². The van der Waals surface area contributed by atoms with E-state index in [1.54, 1.807) is 24.3 Å². The number of aliphatic hydroxyl groups is 2. The SMILES string of the molecule is CC(=O)NC(CO)(CO)CCc1ccc(O)cc1. The van der Waals surface area contributed by atoms with Crippen LogP contribution in [0.2, 0.25) is 0 Å². The van der Waals surface area contributed by atoms with Gasteiger partial charge in [-0.2, -0.15) is 0 Å². The molecule has 0 aliphatic rings. The lowest BCUT2D eigenvalue weighted by Crippen LogP contribution is -2.53. The Hall–Kier alpha value is -1.59. The number of carbonyl (C=O) groups is 1. The van der Waals surface area contributed by atoms with Gasteiger partial charge in [-0.25, -0.2) is 0 Å². The number of hydrogen-bond donors (Lipinski definition) is 4. The zero-order valence-electron chi connectivity index (χ0n) is 10.4. The van der Waals surface area contributed by atoms with Crippen LogP contribution < -0.4 is 5.32 Å². The Labute approximate surface area is 106 Å². The second-order valence-corrected chi connectivity index (χ2v) is 4.44. The largest absolute Gasteiger partial charge is 0.508 e. The van der Waals surface area contributed by atoms with Gasteiger partial charge in [-0.15, -0.1) is 0 Å². The highest BCUT2D eigenvalue weighted by atomic mass is 16.3. The number of hydrogen-bond acceptors (Lipinski definition) is 4. The Bertz CT molecular complexity index is 384. The summed E-state index contributed by atoms with van der Waals surface area (Å²) in [4.78, 5) is 11.1. The molecule has 0 unspecified atom stereocenters. The van der Waals surface area contributed by atoms with Crippen molar-refractivity contribution in [2.24, 2.45) is 0 Å². The molecule has 1 amide bonds. The summed E-state index contributed by atoms with van der Waals surface area (Å²) in [6.07, 6.45) is 1.01. The molecule has 0 aromatic heterocycles. The van der Waals surface area contributed by atoms with Crippen LogP contribution in [-0.2, 0) is 11.2 Å². The highest BCUT2D eigenvalue weighted by Gasteiger charge is 2.29. The lowest BCUT2D eigenvalue weighted by Gasteiger charge is -2.30. The maximum atomic E-state index is 11.1. The van der Waals surface area contributed by atoms with E-state index in [0.717, 1.165) is 5.56 Å². The van der Waals surface area contributed by atoms with E-state index in [9.17, 15) is 15.0 Å². The van der Waals surface area contributed by atoms with Crippen LogP contribution >= 0.6 is 0 Å². The third-order valence-corrected chi connectivity index (χ3v) is 2.88. The fourth-order valence-corrected chi connectivity index (χ4v) is 1.77. The number of rotatable bonds is 6. The first kappa shape index (κ1) is 14.5. The molecule has 1 rings (SSSR count). The average Bonchev–Trinajstić information content (AvgIpc) is 2.36. The zero-order valence-corrected chi connectivity index (χ0v) is 10.4. The summed E-state index contributed by atoms with van der Waals surface area (Å²) in [6.45, 7) is 0.711. The van der Waals surface area contributed by atoms with Crippen molar-refractivity contribution >= 4 is 5.91 Å². The molecule has 0 aliphatic heterocycles. The summed E-state index contributed by atoms with van der Waals surface area (Å²) in [6, 6.07) is 6.69. The molecular formula is C13H19NO4. The first-order valence-electron chi connectivity index (χ1n) is 5.80. The van der Waals surface area contributed by atoms with Crippen LogP contribution in [0, 0.1) is 0 Å². The molecule has 0 atom stereocenters. The van der Waals surface area contributed by atoms with Gasteiger partial charge in [0.05, 0.1) is 18.8 Å². The first-order valence-corrected chi connectivity index (χ1v) is 5.80. The van der Waals surface area contributed by atoms with Gasteiger partial charge in [0.15, 0.2) is 0 Å². The van der Waals surface area contributed by atoms with E-state index in [4.69, 9.17) is 5.11 Å². The Morgan fingerprint density at radius 3 is 2.22 bits per heavy atom. The van der Waals surface area contributed by atoms with Gasteiger partial charge in [0, 0.05) is 6.92 Å². The molecule has 100 valence electrons. The van der Waals surface area contributed by atoms with Crippen molar-refractivity contribution in [3.05, 3.63) is 29.8 Å². The van der Waals surface area contributed by atoms with Gasteiger partial charge in [-0.1, -0.05) is 12.1 Å². The Morgan fingerprint density at radius 2 is 1.78 bits per heavy atom. The van der Waals surface area contributed by atoms with Gasteiger partial charge in [0.1, 0.15) is 5.75 Å². The number of benzene rings is 1. The Kier molecular flexibility index (Phi) is 5.12. The van der Waals surface area contributed by atoms with Gasteiger partial charge in [-0.05, 0) is 30.5 Å². The van der Waals surface area contributed by atoms with Gasteiger partial charge in [0.25, 0.3) is 0 Å². The third-order valence-electron chi connectivity index (χ3n) is 2.88. The van der Waals surface area contributed by atoms with Crippen molar-refractivity contribution in [2.45, 2.75) is 25.3 Å². The van der Waals surface area contributed by atoms with Crippen molar-refractivity contribution in [3.8, 4) is 5.75 Å². The number of aliphatic hydroxyl groups excluding tert-OH is 2. The van der Waals surface area contributed by atoms with Crippen LogP contribution in [0.15, 0.2) is 24.3 Å². The van der Waals surface area contributed by atoms with Crippen LogP contribution in [0.5, 0.6) is 5.75 Å². The molecule has 1 aromatic carbocycles. The minimum absolute atomic E-state index is 0.191. The second kappa shape index (κ2) is 6.37. The molecule has 0 bridgehead atoms. The number of carbonyl (C=O) groups excluding carboxylic acids is 1. The molecule has 0 saturated carbocycles. The van der Waals surface area contributed by atoms with Gasteiger partial charge in [0.2, 0.25) is 5.91 Å². The molecule has 5 heteroatoms. The monoisotopic (exact) mass is 253 g/mol. The van der Waals surface area contributed by atoms with Crippen LogP contribution in [0.25, 0.3) is 0 Å². The Balaban J connectivity index is 2.67. The summed E-state index contributed by atoms with van der Waals surface area (Å²) >= 11 is 0. The third kappa shape index (κ3) is 4.01. The van der Waals surface area contributed by atoms with E-state index in [0.29, 0.717) is 12.8 Å². The molecule has 18 heavy (non-hydrogen) atoms. The number of aromatic hydroxyl groups is 1. The molecule has 4 N–H and O–H groups in total. The number of aryl methyl sites for hydroxylation is 1. The lowest BCUT2D eigenvalue weighted by molar-refractivity contribution is -0.122. The summed E-state index contributed by atoms with van der Waals surface area (Å²) in [7, 11) is 0. The lowest BCUT2D eigenvalue weighted by atomic mass is 9.92. The van der Waals surface area contributed by atoms with E-state index >= 15 is 0 Å². The topological polar surface area (TPSA) is 89.8 Å². The highest BCUT2D eigenvalue weighted by Crippen LogP contribution is 2.16. The number of amides is 1. The molecule has 0 saturated heterocycles. The molecule has 0 radical (unpaired) electrons. The fourth-order valence-electron chi connectivity index (χ4n) is 1.77. The summed E-state index contributed by atoms with van der Waals surface area (Å²) in [5.74, 6) is -0.0972. The molecule has 0 fully saturated rings. The molecule has 5 nitrogen and oxygen atoms in total. The maximum Gasteiger partial charge on any atom is 0.217 e. The van der Waals surface area contributed by atoms with Crippen molar-refractivity contribution in [3.63, 3.8) is 0 Å². The maximum absolute atomic E-state index is 11.1. The standard InChI is InChI=1S/C13H19NO4/c1-10(17)14-13(8-15,9-16)7-6-11-2-4-12(18)5-3-11/h2-5,15-16,18H,6-9H2,1H3,(H,14,17). The predicted octanol–water partition coefficient (Wildman–Crippen LogP) is 0.184. The van der Waals surface area contributed by atoms with Gasteiger partial charge >= 0.3 is 0 Å². The van der Waals surface area contributed by atoms with Gasteiger partial charge in [-0.3, -0.25) is 4.79 Å². The van der Waals surface area contributed by atoms with Crippen LogP contribution in [0.3, 0.4) is 0 Å². The molecule has 0 aliphatic carbocycles. The van der Waals surface area contributed by atoms with E-state index in [1.165, 1.54) is 6.92 Å². The average molecular weight is 253 g/mol. The Morgan fingerprint density at radius 1 is 1.22 bits per heavy atom. The zero-order chi connectivity index (χ0) is 13.6. The molecule has 0 heterocycles. The molecule has 0 spiro atoms. The van der Waals surface area contributed by atoms with Crippen molar-refractivity contribution in [1.82, 2.24) is 5.32 Å². The molecular weight excluding hydrogens is 234 g/mol.